The second-order valence-corrected chi connectivity index (χ2v) is 4.39. The predicted molar refractivity (Wildman–Crippen MR) is 36.6 cm³/mol. The van der Waals surface area contributed by atoms with E-state index in [1.54, 1.807) is 6.92 Å². The van der Waals surface area contributed by atoms with Gasteiger partial charge in [-0.15, -0.1) is 0 Å². The fraction of sp³-hybridized carbons (Fsp3) is 0.800. The Balaban J connectivity index is 2.83. The molecule has 0 aromatic carbocycles. The largest absolute Gasteiger partial charge is 0.292 e. The molecule has 1 heterocycles. The van der Waals surface area contributed by atoms with E-state index >= 15 is 0 Å². The first-order valence-corrected chi connectivity index (χ1v) is 4.63. The summed E-state index contributed by atoms with van der Waals surface area (Å²) in [6, 6.07) is 0. The molecule has 0 N–H and O–H groups in total. The van der Waals surface area contributed by atoms with Crippen LogP contribution in [-0.2, 0) is 9.84 Å². The first-order valence-electron chi connectivity index (χ1n) is 2.80. The average Bonchev–Trinajstić information content (AvgIpc) is 1.60. The van der Waals surface area contributed by atoms with Gasteiger partial charge in [-0.05, 0) is 6.92 Å². The van der Waals surface area contributed by atoms with Gasteiger partial charge in [-0.3, -0.25) is 4.99 Å². The molecule has 0 radical (unpaired) electrons. The minimum atomic E-state index is -2.76. The Labute approximate surface area is 54.7 Å². The summed E-state index contributed by atoms with van der Waals surface area (Å²) in [5, 5.41) is 0. The van der Waals surface area contributed by atoms with Gasteiger partial charge in [0.2, 0.25) is 0 Å². The number of rotatable bonds is 0. The predicted octanol–water partition coefficient (Wildman–Crippen LogP) is -0.124. The molecule has 0 amide bonds. The van der Waals surface area contributed by atoms with E-state index in [4.69, 9.17) is 0 Å². The molecule has 0 atom stereocenters. The van der Waals surface area contributed by atoms with Gasteiger partial charge in [0.15, 0.2) is 9.84 Å². The van der Waals surface area contributed by atoms with E-state index in [2.05, 4.69) is 4.99 Å². The third kappa shape index (κ3) is 1.78. The zero-order chi connectivity index (χ0) is 6.91. The molecule has 0 aliphatic carbocycles. The van der Waals surface area contributed by atoms with E-state index in [1.807, 2.05) is 0 Å². The highest BCUT2D eigenvalue weighted by atomic mass is 32.2. The van der Waals surface area contributed by atoms with Crippen LogP contribution in [0.15, 0.2) is 4.99 Å². The molecule has 0 bridgehead atoms. The lowest BCUT2D eigenvalue weighted by atomic mass is 10.5. The number of sulfone groups is 1. The van der Waals surface area contributed by atoms with Crippen LogP contribution in [0.1, 0.15) is 6.92 Å². The molecule has 0 saturated heterocycles. The van der Waals surface area contributed by atoms with Gasteiger partial charge in [-0.25, -0.2) is 8.42 Å². The van der Waals surface area contributed by atoms with Gasteiger partial charge in [-0.1, -0.05) is 0 Å². The minimum Gasteiger partial charge on any atom is -0.292 e. The standard InChI is InChI=1S/C5H9NO2S/c1-5-4-9(7,8)3-2-6-5/h2-4H2,1H3. The smallest absolute Gasteiger partial charge is 0.157 e. The summed E-state index contributed by atoms with van der Waals surface area (Å²) in [6.45, 7) is 2.20. The maximum absolute atomic E-state index is 10.8. The van der Waals surface area contributed by atoms with E-state index in [9.17, 15) is 8.42 Å². The summed E-state index contributed by atoms with van der Waals surface area (Å²) in [5.74, 6) is 0.386. The van der Waals surface area contributed by atoms with Crippen LogP contribution in [0.5, 0.6) is 0 Å². The van der Waals surface area contributed by atoms with Gasteiger partial charge >= 0.3 is 0 Å². The molecule has 0 spiro atoms. The molecule has 52 valence electrons. The maximum atomic E-state index is 10.8. The fourth-order valence-corrected chi connectivity index (χ4v) is 2.05. The van der Waals surface area contributed by atoms with Crippen molar-refractivity contribution in [2.24, 2.45) is 4.99 Å². The lowest BCUT2D eigenvalue weighted by molar-refractivity contribution is 0.598. The third-order valence-electron chi connectivity index (χ3n) is 1.21. The van der Waals surface area contributed by atoms with Crippen LogP contribution in [0.2, 0.25) is 0 Å². The molecule has 4 heteroatoms. The van der Waals surface area contributed by atoms with Crippen LogP contribution < -0.4 is 0 Å². The minimum absolute atomic E-state index is 0.160. The number of hydrogen-bond donors (Lipinski definition) is 0. The van der Waals surface area contributed by atoms with Crippen LogP contribution in [-0.4, -0.2) is 32.2 Å². The highest BCUT2D eigenvalue weighted by Crippen LogP contribution is 1.98. The Hall–Kier alpha value is -0.380. The van der Waals surface area contributed by atoms with Crippen LogP contribution in [0, 0.1) is 0 Å². The Kier molecular flexibility index (Phi) is 1.57. The van der Waals surface area contributed by atoms with Crippen LogP contribution >= 0.6 is 0 Å². The van der Waals surface area contributed by atoms with E-state index in [1.165, 1.54) is 0 Å². The van der Waals surface area contributed by atoms with Crippen molar-refractivity contribution in [3.63, 3.8) is 0 Å². The molecule has 0 saturated carbocycles. The topological polar surface area (TPSA) is 46.5 Å². The lowest BCUT2D eigenvalue weighted by Crippen LogP contribution is -2.23. The molecular weight excluding hydrogens is 138 g/mol. The van der Waals surface area contributed by atoms with Crippen molar-refractivity contribution in [3.8, 4) is 0 Å². The Morgan fingerprint density at radius 3 is 2.56 bits per heavy atom. The zero-order valence-electron chi connectivity index (χ0n) is 5.29. The number of hydrogen-bond acceptors (Lipinski definition) is 3. The quantitative estimate of drug-likeness (QED) is 0.479. The third-order valence-corrected chi connectivity index (χ3v) is 2.87. The normalized spacial score (nSPS) is 25.2. The van der Waals surface area contributed by atoms with Crippen LogP contribution in [0.4, 0.5) is 0 Å². The summed E-state index contributed by atoms with van der Waals surface area (Å²) in [4.78, 5) is 3.96. The molecular formula is C5H9NO2S. The molecule has 3 nitrogen and oxygen atoms in total. The molecule has 0 aromatic rings. The van der Waals surface area contributed by atoms with Gasteiger partial charge in [0, 0.05) is 5.71 Å². The summed E-state index contributed by atoms with van der Waals surface area (Å²) in [5.41, 5.74) is 0.737. The Morgan fingerprint density at radius 1 is 1.56 bits per heavy atom. The van der Waals surface area contributed by atoms with E-state index in [0.29, 0.717) is 6.54 Å². The van der Waals surface area contributed by atoms with E-state index in [0.717, 1.165) is 5.71 Å². The van der Waals surface area contributed by atoms with Gasteiger partial charge in [0.1, 0.15) is 0 Å². The van der Waals surface area contributed by atoms with E-state index < -0.39 is 9.84 Å². The van der Waals surface area contributed by atoms with Crippen molar-refractivity contribution in [1.82, 2.24) is 0 Å². The number of nitrogens with zero attached hydrogens (tertiary/aromatic N) is 1. The highest BCUT2D eigenvalue weighted by molar-refractivity contribution is 7.92. The molecule has 1 aliphatic rings. The van der Waals surface area contributed by atoms with Crippen molar-refractivity contribution in [2.45, 2.75) is 6.92 Å². The maximum Gasteiger partial charge on any atom is 0.157 e. The summed E-state index contributed by atoms with van der Waals surface area (Å²) in [7, 11) is -2.76. The molecule has 0 fully saturated rings. The van der Waals surface area contributed by atoms with Gasteiger partial charge in [0.25, 0.3) is 0 Å². The molecule has 0 aromatic heterocycles. The molecule has 9 heavy (non-hydrogen) atoms. The first-order chi connectivity index (χ1) is 4.10. The summed E-state index contributed by atoms with van der Waals surface area (Å²) in [6.07, 6.45) is 0. The summed E-state index contributed by atoms with van der Waals surface area (Å²) < 4.78 is 21.6. The van der Waals surface area contributed by atoms with Crippen LogP contribution in [0.3, 0.4) is 0 Å². The highest BCUT2D eigenvalue weighted by Gasteiger charge is 2.15. The molecule has 1 rings (SSSR count). The second-order valence-electron chi connectivity index (χ2n) is 2.21. The van der Waals surface area contributed by atoms with Gasteiger partial charge in [-0.2, -0.15) is 0 Å². The lowest BCUT2D eigenvalue weighted by Gasteiger charge is -2.07. The SMILES string of the molecule is CC1=NCCS(=O)(=O)C1. The molecule has 1 aliphatic heterocycles. The fourth-order valence-electron chi connectivity index (χ4n) is 0.812. The van der Waals surface area contributed by atoms with Crippen molar-refractivity contribution in [3.05, 3.63) is 0 Å². The van der Waals surface area contributed by atoms with E-state index in [-0.39, 0.29) is 11.5 Å². The van der Waals surface area contributed by atoms with Gasteiger partial charge < -0.3 is 0 Å². The van der Waals surface area contributed by atoms with Crippen molar-refractivity contribution < 1.29 is 8.42 Å². The zero-order valence-corrected chi connectivity index (χ0v) is 6.11. The monoisotopic (exact) mass is 147 g/mol. The number of aliphatic imine (C=N–C) groups is 1. The van der Waals surface area contributed by atoms with Crippen molar-refractivity contribution >= 4 is 15.5 Å². The Morgan fingerprint density at radius 2 is 2.22 bits per heavy atom. The first kappa shape index (κ1) is 6.74. The Bertz CT molecular complexity index is 227. The van der Waals surface area contributed by atoms with Crippen LogP contribution in [0.25, 0.3) is 0 Å². The second kappa shape index (κ2) is 2.10. The van der Waals surface area contributed by atoms with Crippen molar-refractivity contribution in [2.75, 3.05) is 18.1 Å². The van der Waals surface area contributed by atoms with Crippen molar-refractivity contribution in [1.29, 1.82) is 0 Å². The summed E-state index contributed by atoms with van der Waals surface area (Å²) >= 11 is 0. The van der Waals surface area contributed by atoms with Gasteiger partial charge in [0.05, 0.1) is 18.1 Å². The molecule has 0 unspecified atom stereocenters. The average molecular weight is 147 g/mol.